The Balaban J connectivity index is 2.61. The van der Waals surface area contributed by atoms with Crippen molar-refractivity contribution in [1.82, 2.24) is 0 Å². The van der Waals surface area contributed by atoms with Gasteiger partial charge in [-0.15, -0.1) is 0 Å². The second-order valence-electron chi connectivity index (χ2n) is 3.48. The van der Waals surface area contributed by atoms with Gasteiger partial charge in [0.05, 0.1) is 6.42 Å². The molecule has 0 saturated heterocycles. The molecule has 0 aromatic heterocycles. The lowest BCUT2D eigenvalue weighted by atomic mass is 9.63. The summed E-state index contributed by atoms with van der Waals surface area (Å²) in [5, 5.41) is 8.62. The maximum absolute atomic E-state index is 10.5. The lowest BCUT2D eigenvalue weighted by Crippen LogP contribution is -2.32. The molecule has 0 unspecified atom stereocenters. The fraction of sp³-hybridized carbons (Fsp3) is 0.667. The van der Waals surface area contributed by atoms with Gasteiger partial charge < -0.3 is 5.11 Å². The standard InChI is InChI=1S/C9H14O2/c1-7(2)9(4-3-5-9)6-8(10)11/h1,3-6H2,2H3,(H,10,11). The third-order valence-electron chi connectivity index (χ3n) is 2.71. The number of aliphatic carboxylic acids is 1. The molecule has 0 heterocycles. The minimum absolute atomic E-state index is 0.0498. The van der Waals surface area contributed by atoms with Crippen LogP contribution in [0, 0.1) is 5.41 Å². The molecular weight excluding hydrogens is 140 g/mol. The minimum atomic E-state index is -0.701. The Morgan fingerprint density at radius 2 is 2.18 bits per heavy atom. The molecule has 11 heavy (non-hydrogen) atoms. The van der Waals surface area contributed by atoms with E-state index in [-0.39, 0.29) is 11.8 Å². The zero-order chi connectivity index (χ0) is 8.48. The quantitative estimate of drug-likeness (QED) is 0.633. The number of carbonyl (C=O) groups is 1. The Morgan fingerprint density at radius 1 is 1.64 bits per heavy atom. The average molecular weight is 154 g/mol. The van der Waals surface area contributed by atoms with Gasteiger partial charge in [0.2, 0.25) is 0 Å². The lowest BCUT2D eigenvalue weighted by Gasteiger charge is -2.41. The van der Waals surface area contributed by atoms with Gasteiger partial charge in [-0.25, -0.2) is 0 Å². The van der Waals surface area contributed by atoms with Gasteiger partial charge in [0.15, 0.2) is 0 Å². The van der Waals surface area contributed by atoms with Crippen molar-refractivity contribution in [3.8, 4) is 0 Å². The minimum Gasteiger partial charge on any atom is -0.481 e. The predicted molar refractivity (Wildman–Crippen MR) is 43.4 cm³/mol. The first kappa shape index (κ1) is 8.31. The fourth-order valence-electron chi connectivity index (χ4n) is 1.65. The normalized spacial score (nSPS) is 20.5. The highest BCUT2D eigenvalue weighted by Gasteiger charge is 2.39. The first-order valence-electron chi connectivity index (χ1n) is 3.95. The number of hydrogen-bond donors (Lipinski definition) is 1. The SMILES string of the molecule is C=C(C)C1(CC(=O)O)CCC1. The number of carboxylic acid groups (broad SMARTS) is 1. The zero-order valence-electron chi connectivity index (χ0n) is 6.89. The summed E-state index contributed by atoms with van der Waals surface area (Å²) in [6.07, 6.45) is 3.44. The number of hydrogen-bond acceptors (Lipinski definition) is 1. The van der Waals surface area contributed by atoms with E-state index < -0.39 is 5.97 Å². The average Bonchev–Trinajstić information content (AvgIpc) is 1.77. The third kappa shape index (κ3) is 1.44. The van der Waals surface area contributed by atoms with Crippen molar-refractivity contribution in [3.05, 3.63) is 12.2 Å². The molecule has 1 aliphatic carbocycles. The Bertz CT molecular complexity index is 190. The summed E-state index contributed by atoms with van der Waals surface area (Å²) in [6, 6.07) is 0. The molecule has 1 N–H and O–H groups in total. The summed E-state index contributed by atoms with van der Waals surface area (Å²) in [5.41, 5.74) is 0.984. The Kier molecular flexibility index (Phi) is 2.03. The van der Waals surface area contributed by atoms with Crippen LogP contribution in [0.2, 0.25) is 0 Å². The predicted octanol–water partition coefficient (Wildman–Crippen LogP) is 2.21. The molecular formula is C9H14O2. The molecule has 0 aromatic carbocycles. The molecule has 0 aromatic rings. The zero-order valence-corrected chi connectivity index (χ0v) is 6.89. The van der Waals surface area contributed by atoms with E-state index in [1.165, 1.54) is 0 Å². The molecule has 1 fully saturated rings. The lowest BCUT2D eigenvalue weighted by molar-refractivity contribution is -0.140. The largest absolute Gasteiger partial charge is 0.481 e. The van der Waals surface area contributed by atoms with Crippen LogP contribution in [0.1, 0.15) is 32.6 Å². The molecule has 1 saturated carbocycles. The van der Waals surface area contributed by atoms with Gasteiger partial charge >= 0.3 is 5.97 Å². The molecule has 0 bridgehead atoms. The summed E-state index contributed by atoms with van der Waals surface area (Å²) < 4.78 is 0. The highest BCUT2D eigenvalue weighted by atomic mass is 16.4. The van der Waals surface area contributed by atoms with Crippen LogP contribution in [-0.2, 0) is 4.79 Å². The number of allylic oxidation sites excluding steroid dienone is 1. The van der Waals surface area contributed by atoms with Gasteiger partial charge in [-0.3, -0.25) is 4.79 Å². The first-order valence-corrected chi connectivity index (χ1v) is 3.95. The van der Waals surface area contributed by atoms with Gasteiger partial charge in [0.1, 0.15) is 0 Å². The maximum Gasteiger partial charge on any atom is 0.304 e. The first-order chi connectivity index (χ1) is 5.07. The van der Waals surface area contributed by atoms with Crippen molar-refractivity contribution in [2.45, 2.75) is 32.6 Å². The van der Waals surface area contributed by atoms with E-state index in [2.05, 4.69) is 6.58 Å². The molecule has 62 valence electrons. The highest BCUT2D eigenvalue weighted by molar-refractivity contribution is 5.68. The van der Waals surface area contributed by atoms with Crippen molar-refractivity contribution < 1.29 is 9.90 Å². The van der Waals surface area contributed by atoms with Gasteiger partial charge in [0, 0.05) is 5.41 Å². The summed E-state index contributed by atoms with van der Waals surface area (Å²) in [7, 11) is 0. The van der Waals surface area contributed by atoms with E-state index in [4.69, 9.17) is 5.11 Å². The topological polar surface area (TPSA) is 37.3 Å². The molecule has 2 nitrogen and oxygen atoms in total. The van der Waals surface area contributed by atoms with Gasteiger partial charge in [-0.2, -0.15) is 0 Å². The molecule has 0 spiro atoms. The Morgan fingerprint density at radius 3 is 2.27 bits per heavy atom. The summed E-state index contributed by atoms with van der Waals surface area (Å²) >= 11 is 0. The summed E-state index contributed by atoms with van der Waals surface area (Å²) in [4.78, 5) is 10.5. The number of carboxylic acids is 1. The monoisotopic (exact) mass is 154 g/mol. The fourth-order valence-corrected chi connectivity index (χ4v) is 1.65. The van der Waals surface area contributed by atoms with E-state index in [0.717, 1.165) is 24.8 Å². The maximum atomic E-state index is 10.5. The summed E-state index contributed by atoms with van der Waals surface area (Å²) in [6.45, 7) is 5.77. The van der Waals surface area contributed by atoms with Crippen LogP contribution in [0.25, 0.3) is 0 Å². The van der Waals surface area contributed by atoms with Crippen molar-refractivity contribution in [3.63, 3.8) is 0 Å². The molecule has 0 aliphatic heterocycles. The van der Waals surface area contributed by atoms with Crippen LogP contribution >= 0.6 is 0 Å². The van der Waals surface area contributed by atoms with Crippen LogP contribution in [0.4, 0.5) is 0 Å². The highest BCUT2D eigenvalue weighted by Crippen LogP contribution is 2.48. The number of rotatable bonds is 3. The van der Waals surface area contributed by atoms with Crippen LogP contribution in [0.5, 0.6) is 0 Å². The van der Waals surface area contributed by atoms with Gasteiger partial charge in [-0.05, 0) is 19.8 Å². The second kappa shape index (κ2) is 2.68. The Labute approximate surface area is 66.9 Å². The van der Waals surface area contributed by atoms with Crippen LogP contribution in [0.15, 0.2) is 12.2 Å². The van der Waals surface area contributed by atoms with E-state index >= 15 is 0 Å². The molecule has 1 rings (SSSR count). The van der Waals surface area contributed by atoms with Crippen molar-refractivity contribution >= 4 is 5.97 Å². The van der Waals surface area contributed by atoms with Crippen molar-refractivity contribution in [2.75, 3.05) is 0 Å². The van der Waals surface area contributed by atoms with Crippen LogP contribution < -0.4 is 0 Å². The Hall–Kier alpha value is -0.790. The van der Waals surface area contributed by atoms with Crippen molar-refractivity contribution in [1.29, 1.82) is 0 Å². The molecule has 0 radical (unpaired) electrons. The van der Waals surface area contributed by atoms with Crippen LogP contribution in [0.3, 0.4) is 0 Å². The van der Waals surface area contributed by atoms with Gasteiger partial charge in [0.25, 0.3) is 0 Å². The van der Waals surface area contributed by atoms with E-state index in [1.54, 1.807) is 0 Å². The van der Waals surface area contributed by atoms with E-state index in [9.17, 15) is 4.79 Å². The van der Waals surface area contributed by atoms with E-state index in [1.807, 2.05) is 6.92 Å². The second-order valence-corrected chi connectivity index (χ2v) is 3.48. The molecule has 1 aliphatic rings. The van der Waals surface area contributed by atoms with Crippen molar-refractivity contribution in [2.24, 2.45) is 5.41 Å². The van der Waals surface area contributed by atoms with E-state index in [0.29, 0.717) is 0 Å². The van der Waals surface area contributed by atoms with Crippen LogP contribution in [-0.4, -0.2) is 11.1 Å². The van der Waals surface area contributed by atoms with Gasteiger partial charge in [-0.1, -0.05) is 18.6 Å². The summed E-state index contributed by atoms with van der Waals surface area (Å²) in [5.74, 6) is -0.701. The molecule has 0 atom stereocenters. The molecule has 0 amide bonds. The smallest absolute Gasteiger partial charge is 0.304 e. The third-order valence-corrected chi connectivity index (χ3v) is 2.71. The molecule has 2 heteroatoms.